The van der Waals surface area contributed by atoms with E-state index in [1.54, 1.807) is 26.0 Å². The third-order valence-corrected chi connectivity index (χ3v) is 14.3. The Morgan fingerprint density at radius 1 is 0.865 bits per heavy atom. The van der Waals surface area contributed by atoms with Crippen LogP contribution in [0.5, 0.6) is 5.75 Å². The fraction of sp³-hybridized carbons (Fsp3) is 0.633. The number of hydrogen-bond donors (Lipinski definition) is 10. The number of primary amides is 2. The van der Waals surface area contributed by atoms with Crippen LogP contribution in [0.4, 0.5) is 0 Å². The van der Waals surface area contributed by atoms with Crippen LogP contribution in [0, 0.1) is 23.7 Å². The maximum Gasteiger partial charge on any atom is 0.361 e. The number of aromatic hydroxyl groups is 1. The number of amides is 12. The largest absolute Gasteiger partial charge is 0.508 e. The molecule has 25 nitrogen and oxygen atoms in total. The number of quaternary nitrogens is 1. The summed E-state index contributed by atoms with van der Waals surface area (Å²) in [7, 11) is 1.36. The molecule has 0 aromatic heterocycles. The van der Waals surface area contributed by atoms with E-state index in [4.69, 9.17) is 11.5 Å². The molecule has 1 aliphatic carbocycles. The van der Waals surface area contributed by atoms with Gasteiger partial charge in [-0.25, -0.2) is 4.79 Å². The van der Waals surface area contributed by atoms with Gasteiger partial charge in [0.25, 0.3) is 11.8 Å². The van der Waals surface area contributed by atoms with Gasteiger partial charge in [-0.3, -0.25) is 52.7 Å². The first-order valence-corrected chi connectivity index (χ1v) is 25.3. The summed E-state index contributed by atoms with van der Waals surface area (Å²) < 4.78 is -0.861. The molecule has 1 aromatic rings. The fourth-order valence-corrected chi connectivity index (χ4v) is 9.99. The number of nitrogens with zero attached hydrogens (tertiary/aromatic N) is 3. The average Bonchev–Trinajstić information content (AvgIpc) is 4.07. The molecule has 1 spiro atoms. The Morgan fingerprint density at radius 3 is 2.19 bits per heavy atom. The second-order valence-corrected chi connectivity index (χ2v) is 20.3. The number of phenolic OH excluding ortho intramolecular Hbond substituents is 1. The second kappa shape index (κ2) is 25.7. The van der Waals surface area contributed by atoms with E-state index in [1.807, 2.05) is 13.8 Å². The highest BCUT2D eigenvalue weighted by Crippen LogP contribution is 2.43. The molecule has 25 heteroatoms. The van der Waals surface area contributed by atoms with Gasteiger partial charge < -0.3 is 58.7 Å². The average molecular weight is 1040 g/mol. The van der Waals surface area contributed by atoms with Gasteiger partial charge in [0.2, 0.25) is 53.2 Å². The summed E-state index contributed by atoms with van der Waals surface area (Å²) in [5.74, 6) is -9.01. The Morgan fingerprint density at radius 2 is 1.57 bits per heavy atom. The zero-order valence-electron chi connectivity index (χ0n) is 42.7. The molecule has 74 heavy (non-hydrogen) atoms. The monoisotopic (exact) mass is 1040 g/mol. The number of benzene rings is 1. The van der Waals surface area contributed by atoms with Gasteiger partial charge in [-0.05, 0) is 67.1 Å². The maximum absolute atomic E-state index is 14.8. The van der Waals surface area contributed by atoms with E-state index >= 15 is 0 Å². The highest BCUT2D eigenvalue weighted by molar-refractivity contribution is 5.98. The molecule has 406 valence electrons. The quantitative estimate of drug-likeness (QED) is 0.0618. The van der Waals surface area contributed by atoms with Gasteiger partial charge in [0, 0.05) is 45.7 Å². The highest BCUT2D eigenvalue weighted by atomic mass is 16.3. The summed E-state index contributed by atoms with van der Waals surface area (Å²) in [6.45, 7) is 6.34. The minimum atomic E-state index is -1.53. The van der Waals surface area contributed by atoms with Crippen LogP contribution in [-0.2, 0) is 64.0 Å². The van der Waals surface area contributed by atoms with Gasteiger partial charge in [-0.15, -0.1) is 4.59 Å². The lowest BCUT2D eigenvalue weighted by molar-refractivity contribution is -1.01. The highest BCUT2D eigenvalue weighted by Gasteiger charge is 2.66. The number of likely N-dealkylation sites (N-methyl/N-ethyl adjacent to an activating group) is 1. The van der Waals surface area contributed by atoms with E-state index in [0.29, 0.717) is 31.2 Å². The van der Waals surface area contributed by atoms with Gasteiger partial charge in [-0.2, -0.15) is 5.01 Å². The minimum Gasteiger partial charge on any atom is -0.508 e. The third-order valence-electron chi connectivity index (χ3n) is 14.3. The Hall–Kier alpha value is -7.18. The molecular formula is C49H73N12O13+. The second-order valence-electron chi connectivity index (χ2n) is 20.3. The van der Waals surface area contributed by atoms with Crippen molar-refractivity contribution in [3.8, 4) is 5.75 Å². The molecule has 5 rings (SSSR count). The first-order valence-electron chi connectivity index (χ1n) is 25.3. The molecule has 1 saturated carbocycles. The molecule has 4 aliphatic rings. The van der Waals surface area contributed by atoms with E-state index in [0.717, 1.165) is 4.90 Å². The van der Waals surface area contributed by atoms with Gasteiger partial charge in [0.1, 0.15) is 43.0 Å². The van der Waals surface area contributed by atoms with Crippen LogP contribution in [0.25, 0.3) is 0 Å². The number of carbonyl (C=O) groups excluding carboxylic acids is 12. The van der Waals surface area contributed by atoms with Crippen molar-refractivity contribution in [2.24, 2.45) is 35.1 Å². The number of nitrogens with two attached hydrogens (primary N) is 2. The molecule has 12 amide bonds. The van der Waals surface area contributed by atoms with Gasteiger partial charge in [-0.1, -0.05) is 46.2 Å². The normalized spacial score (nSPS) is 26.7. The minimum absolute atomic E-state index is 0.00850. The molecule has 3 heterocycles. The number of carbonyl (C=O) groups is 12. The lowest BCUT2D eigenvalue weighted by atomic mass is 9.94. The van der Waals surface area contributed by atoms with Crippen molar-refractivity contribution in [1.82, 2.24) is 47.1 Å². The number of rotatable bonds is 19. The SMILES string of the molecule is CCC(C)C1C(=O)N[C@@H](CCC(N)=O)C(=O)N[C@H]2CC(=O)N3CC[N+]3(C2=O)[C@H](C(=O)NCCC2CC2CC(=O)N[C@@H](CC(C)C)C(=O)NCC(N)=O)CCC(=O)NCC(=O)N[C@@H](Cc2ccc(O)cc2)C(=O)N1C. The topological polar surface area (TPSA) is 368 Å². The van der Waals surface area contributed by atoms with Crippen LogP contribution in [0.1, 0.15) is 97.5 Å². The standard InChI is InChI=1S/C49H72N12O13/c1-6-27(4)43-47(72)57-32(11-13-37(50)63)45(70)58-35-23-42(68)60-17-18-61(60,49(35)74)36(12-14-39(65)53-25-41(67)56-34(48(73)59(43)5)20-28-7-9-31(62)10-8-28)46(71)52-16-15-29-21-30(29)22-40(66)55-33(19-26(2)3)44(69)54-24-38(51)64/h7-10,26-27,29-30,32-36,43H,6,11-25H2,1-5H3,(H11-,50,51,52,53,54,55,56,57,58,62,63,64,65,66,67,69,70,71,72)/p+1/t27?,29?,30?,32-,33-,34-,35-,36-,43?,61?/m0/s1. The molecule has 3 saturated heterocycles. The van der Waals surface area contributed by atoms with Gasteiger partial charge >= 0.3 is 5.91 Å². The van der Waals surface area contributed by atoms with Crippen LogP contribution in [0.2, 0.25) is 0 Å². The Bertz CT molecular complexity index is 2330. The summed E-state index contributed by atoms with van der Waals surface area (Å²) in [5, 5.41) is 29.5. The predicted octanol–water partition coefficient (Wildman–Crippen LogP) is -3.02. The summed E-state index contributed by atoms with van der Waals surface area (Å²) in [6, 6.07) is -1.98. The van der Waals surface area contributed by atoms with Gasteiger partial charge in [0.05, 0.1) is 19.5 Å². The van der Waals surface area contributed by atoms with Crippen molar-refractivity contribution in [3.63, 3.8) is 0 Å². The van der Waals surface area contributed by atoms with Crippen LogP contribution in [0.15, 0.2) is 24.3 Å². The molecule has 1 aromatic carbocycles. The zero-order valence-corrected chi connectivity index (χ0v) is 42.7. The lowest BCUT2D eigenvalue weighted by Gasteiger charge is -2.57. The first kappa shape index (κ1) is 57.7. The van der Waals surface area contributed by atoms with Crippen LogP contribution in [0.3, 0.4) is 0 Å². The summed E-state index contributed by atoms with van der Waals surface area (Å²) in [5.41, 5.74) is 11.2. The molecule has 0 radical (unpaired) electrons. The van der Waals surface area contributed by atoms with Gasteiger partial charge in [0.15, 0.2) is 12.1 Å². The van der Waals surface area contributed by atoms with E-state index in [-0.39, 0.29) is 87.7 Å². The molecule has 4 fully saturated rings. The van der Waals surface area contributed by atoms with E-state index in [2.05, 4.69) is 37.2 Å². The van der Waals surface area contributed by atoms with Crippen molar-refractivity contribution in [3.05, 3.63) is 29.8 Å². The van der Waals surface area contributed by atoms with Crippen LogP contribution < -0.4 is 48.7 Å². The van der Waals surface area contributed by atoms with Crippen molar-refractivity contribution in [1.29, 1.82) is 0 Å². The van der Waals surface area contributed by atoms with Crippen LogP contribution >= 0.6 is 0 Å². The number of phenols is 1. The predicted molar refractivity (Wildman–Crippen MR) is 262 cm³/mol. The number of fused-ring (bicyclic) bond motifs is 1. The van der Waals surface area contributed by atoms with Crippen molar-refractivity contribution in [2.45, 2.75) is 135 Å². The third kappa shape index (κ3) is 15.0. The van der Waals surface area contributed by atoms with Crippen molar-refractivity contribution < 1.29 is 67.2 Å². The maximum atomic E-state index is 14.8. The Balaban J connectivity index is 1.38. The van der Waals surface area contributed by atoms with E-state index in [9.17, 15) is 62.6 Å². The van der Waals surface area contributed by atoms with Crippen LogP contribution in [-0.4, -0.2) is 167 Å². The van der Waals surface area contributed by atoms with E-state index < -0.39 is 131 Å². The molecule has 5 unspecified atom stereocenters. The summed E-state index contributed by atoms with van der Waals surface area (Å²) in [4.78, 5) is 163. The fourth-order valence-electron chi connectivity index (χ4n) is 9.99. The van der Waals surface area contributed by atoms with Crippen molar-refractivity contribution in [2.75, 3.05) is 39.8 Å². The molecule has 2 bridgehead atoms. The zero-order chi connectivity index (χ0) is 54.6. The first-order chi connectivity index (χ1) is 34.9. The molecule has 3 aliphatic heterocycles. The Labute approximate surface area is 429 Å². The smallest absolute Gasteiger partial charge is 0.361 e. The lowest BCUT2D eigenvalue weighted by Crippen LogP contribution is -2.86. The molecule has 10 atom stereocenters. The van der Waals surface area contributed by atoms with E-state index in [1.165, 1.54) is 24.2 Å². The van der Waals surface area contributed by atoms with Crippen molar-refractivity contribution >= 4 is 70.9 Å². The number of hydrogen-bond acceptors (Lipinski definition) is 13. The summed E-state index contributed by atoms with van der Waals surface area (Å²) in [6.07, 6.45) is -0.198. The number of nitrogens with one attached hydrogen (secondary N) is 7. The molecule has 12 N–H and O–H groups in total. The molecular weight excluding hydrogens is 965 g/mol. The summed E-state index contributed by atoms with van der Waals surface area (Å²) >= 11 is 0. The Kier molecular flexibility index (Phi) is 20.0.